The van der Waals surface area contributed by atoms with Crippen molar-refractivity contribution in [2.75, 3.05) is 11.4 Å². The van der Waals surface area contributed by atoms with E-state index in [1.807, 2.05) is 17.0 Å². The highest BCUT2D eigenvalue weighted by Gasteiger charge is 2.25. The zero-order chi connectivity index (χ0) is 20.3. The van der Waals surface area contributed by atoms with Crippen LogP contribution in [0.2, 0.25) is 0 Å². The number of carbonyl (C=O) groups excluding carboxylic acids is 2. The maximum absolute atomic E-state index is 12.4. The Morgan fingerprint density at radius 2 is 1.96 bits per heavy atom. The molecule has 3 rings (SSSR count). The van der Waals surface area contributed by atoms with Gasteiger partial charge in [0.1, 0.15) is 5.76 Å². The number of nitrogens with one attached hydrogen (secondary N) is 1. The first kappa shape index (κ1) is 20.1. The van der Waals surface area contributed by atoms with Gasteiger partial charge in [-0.25, -0.2) is 0 Å². The zero-order valence-corrected chi connectivity index (χ0v) is 17.1. The lowest BCUT2D eigenvalue weighted by Gasteiger charge is -2.18. The predicted octanol–water partition coefficient (Wildman–Crippen LogP) is 3.74. The second-order valence-electron chi connectivity index (χ2n) is 8.32. The van der Waals surface area contributed by atoms with Gasteiger partial charge in [0.25, 0.3) is 5.91 Å². The smallest absolute Gasteiger partial charge is 0.273 e. The molecule has 0 spiro atoms. The molecule has 150 valence electrons. The van der Waals surface area contributed by atoms with Crippen LogP contribution in [-0.4, -0.2) is 23.5 Å². The monoisotopic (exact) mass is 383 g/mol. The van der Waals surface area contributed by atoms with Crippen LogP contribution in [-0.2, 0) is 24.2 Å². The van der Waals surface area contributed by atoms with Gasteiger partial charge in [0.2, 0.25) is 5.91 Å². The fourth-order valence-corrected chi connectivity index (χ4v) is 3.48. The second kappa shape index (κ2) is 8.59. The Morgan fingerprint density at radius 1 is 1.18 bits per heavy atom. The summed E-state index contributed by atoms with van der Waals surface area (Å²) in [4.78, 5) is 26.6. The molecule has 0 saturated carbocycles. The number of fused-ring (bicyclic) bond motifs is 1. The summed E-state index contributed by atoms with van der Waals surface area (Å²) in [5.41, 5.74) is 3.47. The van der Waals surface area contributed by atoms with E-state index in [2.05, 4.69) is 44.2 Å². The van der Waals surface area contributed by atoms with Gasteiger partial charge in [0.05, 0.1) is 0 Å². The summed E-state index contributed by atoms with van der Waals surface area (Å²) in [6.07, 6.45) is 2.17. The van der Waals surface area contributed by atoms with Crippen LogP contribution in [0.25, 0.3) is 0 Å². The lowest BCUT2D eigenvalue weighted by molar-refractivity contribution is -0.119. The molecule has 0 fully saturated rings. The number of anilines is 1. The molecule has 28 heavy (non-hydrogen) atoms. The first-order valence-electron chi connectivity index (χ1n) is 9.99. The molecular formula is C22H29N3O3. The number of nitrogens with zero attached hydrogens (tertiary/aromatic N) is 2. The maximum Gasteiger partial charge on any atom is 0.273 e. The molecule has 0 aliphatic carbocycles. The lowest BCUT2D eigenvalue weighted by Crippen LogP contribution is -2.29. The molecule has 2 heterocycles. The summed E-state index contributed by atoms with van der Waals surface area (Å²) in [6, 6.07) is 7.73. The Kier molecular flexibility index (Phi) is 6.17. The van der Waals surface area contributed by atoms with Crippen molar-refractivity contribution in [3.05, 3.63) is 46.8 Å². The topological polar surface area (TPSA) is 75.4 Å². The van der Waals surface area contributed by atoms with Crippen LogP contribution in [0, 0.1) is 11.8 Å². The number of amides is 2. The number of hydrogen-bond donors (Lipinski definition) is 1. The van der Waals surface area contributed by atoms with Gasteiger partial charge in [-0.15, -0.1) is 0 Å². The van der Waals surface area contributed by atoms with Crippen LogP contribution in [0.1, 0.15) is 61.5 Å². The maximum atomic E-state index is 12.4. The molecule has 1 N–H and O–H groups in total. The predicted molar refractivity (Wildman–Crippen MR) is 108 cm³/mol. The van der Waals surface area contributed by atoms with Crippen molar-refractivity contribution in [1.29, 1.82) is 0 Å². The summed E-state index contributed by atoms with van der Waals surface area (Å²) >= 11 is 0. The van der Waals surface area contributed by atoms with Crippen molar-refractivity contribution >= 4 is 17.5 Å². The van der Waals surface area contributed by atoms with E-state index in [1.54, 1.807) is 6.07 Å². The molecule has 1 aromatic heterocycles. The molecule has 0 radical (unpaired) electrons. The van der Waals surface area contributed by atoms with Crippen LogP contribution < -0.4 is 10.2 Å². The summed E-state index contributed by atoms with van der Waals surface area (Å²) in [5.74, 6) is 1.46. The molecule has 2 amide bonds. The van der Waals surface area contributed by atoms with Crippen molar-refractivity contribution in [1.82, 2.24) is 10.5 Å². The third kappa shape index (κ3) is 4.80. The van der Waals surface area contributed by atoms with Crippen molar-refractivity contribution in [2.45, 2.75) is 53.5 Å². The van der Waals surface area contributed by atoms with Crippen LogP contribution in [0.5, 0.6) is 0 Å². The van der Waals surface area contributed by atoms with E-state index in [1.165, 1.54) is 0 Å². The third-order valence-corrected chi connectivity index (χ3v) is 4.78. The Hall–Kier alpha value is -2.63. The molecule has 1 aliphatic heterocycles. The van der Waals surface area contributed by atoms with Crippen LogP contribution in [0.4, 0.5) is 5.69 Å². The lowest BCUT2D eigenvalue weighted by atomic mass is 10.1. The molecule has 0 bridgehead atoms. The van der Waals surface area contributed by atoms with Crippen molar-refractivity contribution < 1.29 is 14.1 Å². The third-order valence-electron chi connectivity index (χ3n) is 4.78. The van der Waals surface area contributed by atoms with Gasteiger partial charge in [0, 0.05) is 37.7 Å². The first-order valence-corrected chi connectivity index (χ1v) is 9.99. The Balaban J connectivity index is 1.60. The van der Waals surface area contributed by atoms with E-state index in [4.69, 9.17) is 4.52 Å². The number of hydrogen-bond acceptors (Lipinski definition) is 4. The number of benzene rings is 1. The standard InChI is InChI=1S/C22H29N3O3/c1-14(2)9-18-12-19(24-28-18)22(27)23-13-16-5-6-20-17(11-16)7-8-25(20)21(26)10-15(3)4/h5-6,11-12,14-15H,7-10,13H2,1-4H3,(H,23,27). The second-order valence-corrected chi connectivity index (χ2v) is 8.32. The van der Waals surface area contributed by atoms with Gasteiger partial charge in [-0.2, -0.15) is 0 Å². The SMILES string of the molecule is CC(C)CC(=O)N1CCc2cc(CNC(=O)c3cc(CC(C)C)on3)ccc21. The highest BCUT2D eigenvalue weighted by Crippen LogP contribution is 2.30. The Morgan fingerprint density at radius 3 is 2.68 bits per heavy atom. The van der Waals surface area contributed by atoms with Gasteiger partial charge in [0.15, 0.2) is 5.69 Å². The van der Waals surface area contributed by atoms with E-state index < -0.39 is 0 Å². The fourth-order valence-electron chi connectivity index (χ4n) is 3.48. The average molecular weight is 383 g/mol. The van der Waals surface area contributed by atoms with E-state index >= 15 is 0 Å². The average Bonchev–Trinajstić information content (AvgIpc) is 3.25. The highest BCUT2D eigenvalue weighted by molar-refractivity contribution is 5.95. The van der Waals surface area contributed by atoms with Crippen molar-refractivity contribution in [3.8, 4) is 0 Å². The van der Waals surface area contributed by atoms with Crippen LogP contribution >= 0.6 is 0 Å². The molecule has 1 aromatic carbocycles. The van der Waals surface area contributed by atoms with Crippen LogP contribution in [0.3, 0.4) is 0 Å². The fraction of sp³-hybridized carbons (Fsp3) is 0.500. The molecule has 2 aromatic rings. The van der Waals surface area contributed by atoms with Gasteiger partial charge in [-0.05, 0) is 35.4 Å². The van der Waals surface area contributed by atoms with Crippen LogP contribution in [0.15, 0.2) is 28.8 Å². The summed E-state index contributed by atoms with van der Waals surface area (Å²) < 4.78 is 5.22. The highest BCUT2D eigenvalue weighted by atomic mass is 16.5. The minimum Gasteiger partial charge on any atom is -0.361 e. The molecule has 0 saturated heterocycles. The van der Waals surface area contributed by atoms with Gasteiger partial charge in [-0.1, -0.05) is 45.0 Å². The zero-order valence-electron chi connectivity index (χ0n) is 17.1. The van der Waals surface area contributed by atoms with E-state index in [0.29, 0.717) is 30.5 Å². The van der Waals surface area contributed by atoms with Gasteiger partial charge < -0.3 is 14.7 Å². The molecule has 6 nitrogen and oxygen atoms in total. The quantitative estimate of drug-likeness (QED) is 0.790. The summed E-state index contributed by atoms with van der Waals surface area (Å²) in [7, 11) is 0. The van der Waals surface area contributed by atoms with E-state index in [9.17, 15) is 9.59 Å². The minimum atomic E-state index is -0.243. The van der Waals surface area contributed by atoms with Crippen molar-refractivity contribution in [3.63, 3.8) is 0 Å². The van der Waals surface area contributed by atoms with Gasteiger partial charge >= 0.3 is 0 Å². The summed E-state index contributed by atoms with van der Waals surface area (Å²) in [6.45, 7) is 9.44. The van der Waals surface area contributed by atoms with E-state index in [0.717, 1.165) is 42.0 Å². The number of aromatic nitrogens is 1. The molecule has 1 aliphatic rings. The Bertz CT molecular complexity index is 854. The van der Waals surface area contributed by atoms with E-state index in [-0.39, 0.29) is 11.8 Å². The first-order chi connectivity index (χ1) is 13.3. The number of carbonyl (C=O) groups is 2. The minimum absolute atomic E-state index is 0.179. The van der Waals surface area contributed by atoms with Gasteiger partial charge in [-0.3, -0.25) is 9.59 Å². The normalized spacial score (nSPS) is 13.3. The number of rotatable bonds is 7. The molecular weight excluding hydrogens is 354 g/mol. The molecule has 6 heteroatoms. The molecule has 0 atom stereocenters. The molecule has 0 unspecified atom stereocenters. The largest absolute Gasteiger partial charge is 0.361 e. The Labute approximate surface area is 166 Å². The summed E-state index contributed by atoms with van der Waals surface area (Å²) in [5, 5.41) is 6.75. The van der Waals surface area contributed by atoms with Crippen molar-refractivity contribution in [2.24, 2.45) is 11.8 Å².